The summed E-state index contributed by atoms with van der Waals surface area (Å²) in [5, 5.41) is 2.13. The summed E-state index contributed by atoms with van der Waals surface area (Å²) in [6.07, 6.45) is 6.05. The third-order valence-electron chi connectivity index (χ3n) is 5.51. The lowest BCUT2D eigenvalue weighted by Crippen LogP contribution is -2.43. The van der Waals surface area contributed by atoms with Gasteiger partial charge < -0.3 is 9.47 Å². The Morgan fingerprint density at radius 1 is 1.21 bits per heavy atom. The maximum absolute atomic E-state index is 6.10. The van der Waals surface area contributed by atoms with Crippen molar-refractivity contribution in [3.05, 3.63) is 0 Å². The van der Waals surface area contributed by atoms with Gasteiger partial charge in [-0.05, 0) is 48.9 Å². The molecule has 0 aromatic carbocycles. The molecule has 0 aromatic heterocycles. The van der Waals surface area contributed by atoms with Crippen molar-refractivity contribution in [3.63, 3.8) is 0 Å². The second kappa shape index (κ2) is 6.76. The summed E-state index contributed by atoms with van der Waals surface area (Å²) in [5.74, 6) is 0.729. The zero-order valence-electron chi connectivity index (χ0n) is 12.1. The van der Waals surface area contributed by atoms with Gasteiger partial charge in [0, 0.05) is 17.3 Å². The van der Waals surface area contributed by atoms with Crippen LogP contribution in [0.3, 0.4) is 0 Å². The van der Waals surface area contributed by atoms with Crippen LogP contribution in [-0.2, 0) is 9.47 Å². The minimum Gasteiger partial charge on any atom is -0.353 e. The molecular weight excluding hydrogens is 372 g/mol. The summed E-state index contributed by atoms with van der Waals surface area (Å²) >= 11 is 7.43. The number of halogens is 2. The first-order valence-electron chi connectivity index (χ1n) is 7.41. The smallest absolute Gasteiger partial charge is 0.157 e. The Balaban J connectivity index is 1.96. The van der Waals surface area contributed by atoms with E-state index in [1.807, 2.05) is 0 Å². The van der Waals surface area contributed by atoms with Crippen molar-refractivity contribution in [2.75, 3.05) is 23.9 Å². The van der Waals surface area contributed by atoms with Crippen LogP contribution in [0.15, 0.2) is 0 Å². The molecule has 0 radical (unpaired) electrons. The molecule has 2 fully saturated rings. The maximum Gasteiger partial charge on any atom is 0.157 e. The van der Waals surface area contributed by atoms with E-state index in [9.17, 15) is 0 Å². The van der Waals surface area contributed by atoms with Crippen LogP contribution >= 0.6 is 31.9 Å². The lowest BCUT2D eigenvalue weighted by atomic mass is 9.66. The van der Waals surface area contributed by atoms with E-state index < -0.39 is 0 Å². The summed E-state index contributed by atoms with van der Waals surface area (Å²) in [7, 11) is 0. The predicted molar refractivity (Wildman–Crippen MR) is 86.1 cm³/mol. The Labute approximate surface area is 134 Å². The second-order valence-corrected chi connectivity index (χ2v) is 7.82. The van der Waals surface area contributed by atoms with E-state index in [1.165, 1.54) is 25.7 Å². The quantitative estimate of drug-likeness (QED) is 0.623. The zero-order chi connectivity index (χ0) is 13.9. The van der Waals surface area contributed by atoms with Gasteiger partial charge in [0.05, 0.1) is 6.61 Å². The summed E-state index contributed by atoms with van der Waals surface area (Å²) in [4.78, 5) is 0. The summed E-state index contributed by atoms with van der Waals surface area (Å²) in [6.45, 7) is 6.48. The van der Waals surface area contributed by atoms with Crippen molar-refractivity contribution in [1.29, 1.82) is 0 Å². The highest BCUT2D eigenvalue weighted by atomic mass is 79.9. The Kier molecular flexibility index (Phi) is 5.78. The van der Waals surface area contributed by atoms with Crippen LogP contribution in [-0.4, -0.2) is 30.2 Å². The highest BCUT2D eigenvalue weighted by Crippen LogP contribution is 2.57. The number of hydrogen-bond acceptors (Lipinski definition) is 2. The van der Waals surface area contributed by atoms with E-state index in [1.54, 1.807) is 0 Å². The Bertz CT molecular complexity index is 294. The Hall–Kier alpha value is 0.880. The van der Waals surface area contributed by atoms with Crippen molar-refractivity contribution in [2.24, 2.45) is 16.7 Å². The van der Waals surface area contributed by atoms with Crippen LogP contribution in [0, 0.1) is 16.7 Å². The van der Waals surface area contributed by atoms with Crippen LogP contribution in [0.5, 0.6) is 0 Å². The first-order chi connectivity index (χ1) is 9.05. The molecule has 2 rings (SSSR count). The largest absolute Gasteiger partial charge is 0.353 e. The lowest BCUT2D eigenvalue weighted by Gasteiger charge is -2.43. The van der Waals surface area contributed by atoms with Gasteiger partial charge in [0.1, 0.15) is 0 Å². The summed E-state index contributed by atoms with van der Waals surface area (Å²) in [5.41, 5.74) is 0.543. The SMILES string of the molecule is CC1(COC2CCCCO2)CCC(CBr)C1(C)CBr. The number of ether oxygens (including phenoxy) is 2. The topological polar surface area (TPSA) is 18.5 Å². The first kappa shape index (κ1) is 16.3. The molecule has 0 amide bonds. The van der Waals surface area contributed by atoms with Crippen molar-refractivity contribution in [1.82, 2.24) is 0 Å². The van der Waals surface area contributed by atoms with Gasteiger partial charge in [-0.3, -0.25) is 0 Å². The van der Waals surface area contributed by atoms with E-state index in [2.05, 4.69) is 45.7 Å². The van der Waals surface area contributed by atoms with E-state index in [0.717, 1.165) is 36.2 Å². The van der Waals surface area contributed by atoms with Gasteiger partial charge in [0.25, 0.3) is 0 Å². The first-order valence-corrected chi connectivity index (χ1v) is 9.65. The molecule has 1 saturated heterocycles. The molecule has 112 valence electrons. The van der Waals surface area contributed by atoms with Gasteiger partial charge >= 0.3 is 0 Å². The molecule has 4 atom stereocenters. The Morgan fingerprint density at radius 3 is 2.58 bits per heavy atom. The van der Waals surface area contributed by atoms with E-state index in [0.29, 0.717) is 5.41 Å². The molecule has 2 nitrogen and oxygen atoms in total. The standard InChI is InChI=1S/C15H26Br2O2/c1-14(11-19-13-5-3-4-8-18-13)7-6-12(9-16)15(14,2)10-17/h12-13H,3-11H2,1-2H3. The minimum atomic E-state index is 0.0353. The number of rotatable bonds is 5. The molecule has 19 heavy (non-hydrogen) atoms. The number of hydrogen-bond donors (Lipinski definition) is 0. The van der Waals surface area contributed by atoms with Crippen molar-refractivity contribution in [2.45, 2.75) is 52.2 Å². The summed E-state index contributed by atoms with van der Waals surface area (Å²) < 4.78 is 11.8. The molecule has 0 N–H and O–H groups in total. The number of alkyl halides is 2. The molecule has 1 aliphatic heterocycles. The average Bonchev–Trinajstić information content (AvgIpc) is 2.71. The highest BCUT2D eigenvalue weighted by molar-refractivity contribution is 9.09. The van der Waals surface area contributed by atoms with Crippen LogP contribution in [0.1, 0.15) is 46.0 Å². The monoisotopic (exact) mass is 396 g/mol. The average molecular weight is 398 g/mol. The molecule has 4 unspecified atom stereocenters. The van der Waals surface area contributed by atoms with Gasteiger partial charge in [0.15, 0.2) is 6.29 Å². The minimum absolute atomic E-state index is 0.0353. The lowest BCUT2D eigenvalue weighted by molar-refractivity contribution is -0.185. The van der Waals surface area contributed by atoms with Crippen LogP contribution in [0.25, 0.3) is 0 Å². The maximum atomic E-state index is 6.10. The van der Waals surface area contributed by atoms with E-state index in [-0.39, 0.29) is 11.7 Å². The van der Waals surface area contributed by atoms with Crippen molar-refractivity contribution >= 4 is 31.9 Å². The van der Waals surface area contributed by atoms with Gasteiger partial charge in [-0.25, -0.2) is 0 Å². The predicted octanol–water partition coefficient (Wildman–Crippen LogP) is 4.74. The molecule has 1 saturated carbocycles. The molecule has 0 bridgehead atoms. The van der Waals surface area contributed by atoms with Crippen molar-refractivity contribution in [3.8, 4) is 0 Å². The van der Waals surface area contributed by atoms with E-state index in [4.69, 9.17) is 9.47 Å². The fourth-order valence-electron chi connectivity index (χ4n) is 3.46. The molecule has 0 spiro atoms. The third-order valence-corrected chi connectivity index (χ3v) is 7.46. The normalized spacial score (nSPS) is 43.6. The van der Waals surface area contributed by atoms with E-state index >= 15 is 0 Å². The Morgan fingerprint density at radius 2 is 2.00 bits per heavy atom. The van der Waals surface area contributed by atoms with Crippen LogP contribution < -0.4 is 0 Å². The van der Waals surface area contributed by atoms with Crippen LogP contribution in [0.2, 0.25) is 0 Å². The van der Waals surface area contributed by atoms with Crippen molar-refractivity contribution < 1.29 is 9.47 Å². The molecular formula is C15H26Br2O2. The molecule has 1 aliphatic carbocycles. The fraction of sp³-hybridized carbons (Fsp3) is 1.00. The molecule has 1 heterocycles. The van der Waals surface area contributed by atoms with Gasteiger partial charge in [-0.2, -0.15) is 0 Å². The molecule has 0 aromatic rings. The fourth-order valence-corrected chi connectivity index (χ4v) is 5.64. The van der Waals surface area contributed by atoms with Gasteiger partial charge in [-0.15, -0.1) is 0 Å². The highest BCUT2D eigenvalue weighted by Gasteiger charge is 2.53. The summed E-state index contributed by atoms with van der Waals surface area (Å²) in [6, 6.07) is 0. The molecule has 2 aliphatic rings. The van der Waals surface area contributed by atoms with Gasteiger partial charge in [-0.1, -0.05) is 45.7 Å². The van der Waals surface area contributed by atoms with Crippen LogP contribution in [0.4, 0.5) is 0 Å². The zero-order valence-corrected chi connectivity index (χ0v) is 15.3. The van der Waals surface area contributed by atoms with Gasteiger partial charge in [0.2, 0.25) is 0 Å². The molecule has 4 heteroatoms. The third kappa shape index (κ3) is 3.22. The second-order valence-electron chi connectivity index (χ2n) is 6.61.